The molecule has 0 saturated carbocycles. The Bertz CT molecular complexity index is 184. The number of hydrogen-bond donors (Lipinski definition) is 0. The van der Waals surface area contributed by atoms with Crippen LogP contribution >= 0.6 is 0 Å². The fourth-order valence-electron chi connectivity index (χ4n) is 2.29. The summed E-state index contributed by atoms with van der Waals surface area (Å²) in [5.41, 5.74) is 0. The summed E-state index contributed by atoms with van der Waals surface area (Å²) in [5.74, 6) is -0.0311. The number of carbonyl (C=O) groups is 1. The van der Waals surface area contributed by atoms with E-state index < -0.39 is 18.8 Å². The van der Waals surface area contributed by atoms with E-state index in [-0.39, 0.29) is 5.97 Å². The minimum absolute atomic E-state index is 0.0311. The van der Waals surface area contributed by atoms with Crippen molar-refractivity contribution in [3.63, 3.8) is 0 Å². The number of hydrogen-bond acceptors (Lipinski definition) is 2. The molecule has 2 nitrogen and oxygen atoms in total. The summed E-state index contributed by atoms with van der Waals surface area (Å²) >= 11 is -2.56. The quantitative estimate of drug-likeness (QED) is 0.580. The molecule has 0 bridgehead atoms. The minimum atomic E-state index is -2.56. The van der Waals surface area contributed by atoms with Gasteiger partial charge in [0.15, 0.2) is 0 Å². The van der Waals surface area contributed by atoms with Gasteiger partial charge in [0.1, 0.15) is 0 Å². The normalized spacial score (nSPS) is 11.5. The van der Waals surface area contributed by atoms with Gasteiger partial charge in [0.05, 0.1) is 0 Å². The van der Waals surface area contributed by atoms with E-state index in [2.05, 4.69) is 20.8 Å². The molecule has 0 aromatic carbocycles. The van der Waals surface area contributed by atoms with Gasteiger partial charge in [-0.1, -0.05) is 0 Å². The molecule has 0 spiro atoms. The Hall–Kier alpha value is 0.269. The Kier molecular flexibility index (Phi) is 9.47. The average Bonchev–Trinajstić information content (AvgIpc) is 2.23. The molecule has 96 valence electrons. The van der Waals surface area contributed by atoms with Crippen LogP contribution in [0.3, 0.4) is 0 Å². The van der Waals surface area contributed by atoms with Crippen LogP contribution in [0.1, 0.15) is 59.8 Å². The van der Waals surface area contributed by atoms with Gasteiger partial charge < -0.3 is 0 Å². The zero-order chi connectivity index (χ0) is 12.4. The maximum atomic E-state index is 11.3. The summed E-state index contributed by atoms with van der Waals surface area (Å²) in [5, 5.41) is 0. The standard InChI is InChI=1S/2C4H9.C3H7.C2H4O2.Sn/c2*1-3-4-2;1-3-2;1-2(3)4;/h2*1,3-4H2,2H3;1,3H2,2H3;1H3,(H,3,4);/q;;;;+1/p-1. The van der Waals surface area contributed by atoms with E-state index in [1.165, 1.54) is 45.4 Å². The van der Waals surface area contributed by atoms with E-state index in [0.29, 0.717) is 0 Å². The van der Waals surface area contributed by atoms with E-state index in [1.807, 2.05) is 0 Å². The van der Waals surface area contributed by atoms with Crippen molar-refractivity contribution in [1.82, 2.24) is 0 Å². The van der Waals surface area contributed by atoms with E-state index in [0.717, 1.165) is 0 Å². The van der Waals surface area contributed by atoms with E-state index in [4.69, 9.17) is 3.07 Å². The molecule has 0 saturated heterocycles. The molecule has 0 amide bonds. The fourth-order valence-corrected chi connectivity index (χ4v) is 15.3. The third kappa shape index (κ3) is 6.77. The molecule has 16 heavy (non-hydrogen) atoms. The second-order valence-electron chi connectivity index (χ2n) is 4.73. The zero-order valence-electron chi connectivity index (χ0n) is 11.5. The van der Waals surface area contributed by atoms with E-state index in [1.54, 1.807) is 6.92 Å². The molecule has 0 aromatic heterocycles. The Labute approximate surface area is 106 Å². The molecule has 0 unspecified atom stereocenters. The van der Waals surface area contributed by atoms with Crippen molar-refractivity contribution in [1.29, 1.82) is 0 Å². The van der Waals surface area contributed by atoms with Crippen molar-refractivity contribution < 1.29 is 7.87 Å². The number of rotatable bonds is 9. The van der Waals surface area contributed by atoms with Crippen molar-refractivity contribution in [3.8, 4) is 0 Å². The van der Waals surface area contributed by atoms with E-state index in [9.17, 15) is 4.79 Å². The second kappa shape index (κ2) is 9.31. The summed E-state index contributed by atoms with van der Waals surface area (Å²) in [6.07, 6.45) is 6.10. The zero-order valence-corrected chi connectivity index (χ0v) is 14.3. The topological polar surface area (TPSA) is 26.3 Å². The number of unbranched alkanes of at least 4 members (excludes halogenated alkanes) is 2. The number of carbonyl (C=O) groups excluding carboxylic acids is 1. The molecule has 0 radical (unpaired) electrons. The van der Waals surface area contributed by atoms with Crippen LogP contribution in [0.15, 0.2) is 0 Å². The van der Waals surface area contributed by atoms with Crippen molar-refractivity contribution in [3.05, 3.63) is 0 Å². The van der Waals surface area contributed by atoms with Crippen molar-refractivity contribution in [2.45, 2.75) is 73.1 Å². The van der Waals surface area contributed by atoms with Crippen LogP contribution in [0, 0.1) is 0 Å². The monoisotopic (exact) mass is 336 g/mol. The van der Waals surface area contributed by atoms with Crippen LogP contribution in [0.5, 0.6) is 0 Å². The average molecular weight is 335 g/mol. The predicted molar refractivity (Wildman–Crippen MR) is 72.0 cm³/mol. The van der Waals surface area contributed by atoms with Crippen molar-refractivity contribution >= 4 is 24.8 Å². The molecule has 0 aliphatic carbocycles. The van der Waals surface area contributed by atoms with Crippen LogP contribution in [0.2, 0.25) is 13.3 Å². The molecule has 0 aliphatic rings. The van der Waals surface area contributed by atoms with Gasteiger partial charge in [-0.25, -0.2) is 0 Å². The third-order valence-electron chi connectivity index (χ3n) is 3.04. The summed E-state index contributed by atoms with van der Waals surface area (Å²) in [6.45, 7) is 8.23. The van der Waals surface area contributed by atoms with Crippen LogP contribution in [-0.2, 0) is 7.87 Å². The first-order valence-electron chi connectivity index (χ1n) is 6.79. The molecular weight excluding hydrogens is 307 g/mol. The first kappa shape index (κ1) is 16.3. The van der Waals surface area contributed by atoms with Gasteiger partial charge in [-0.05, 0) is 0 Å². The summed E-state index contributed by atoms with van der Waals surface area (Å²) in [6, 6.07) is 0. The molecule has 3 heteroatoms. The first-order chi connectivity index (χ1) is 7.60. The van der Waals surface area contributed by atoms with Gasteiger partial charge in [0.25, 0.3) is 0 Å². The SMILES string of the molecule is CCC[CH2][Sn]([CH2]CC)([CH2]CCC)[O]C(C)=O. The molecule has 0 fully saturated rings. The Balaban J connectivity index is 4.51. The van der Waals surface area contributed by atoms with Crippen LogP contribution in [0.4, 0.5) is 0 Å². The maximum absolute atomic E-state index is 11.3. The van der Waals surface area contributed by atoms with Crippen LogP contribution < -0.4 is 0 Å². The first-order valence-corrected chi connectivity index (χ1v) is 14.0. The molecule has 0 aliphatic heterocycles. The second-order valence-corrected chi connectivity index (χ2v) is 16.4. The summed E-state index contributed by atoms with van der Waals surface area (Å²) in [7, 11) is 0. The van der Waals surface area contributed by atoms with E-state index >= 15 is 0 Å². The van der Waals surface area contributed by atoms with Gasteiger partial charge in [0, 0.05) is 0 Å². The van der Waals surface area contributed by atoms with Gasteiger partial charge in [-0.2, -0.15) is 0 Å². The van der Waals surface area contributed by atoms with Gasteiger partial charge >= 0.3 is 106 Å². The van der Waals surface area contributed by atoms with Gasteiger partial charge in [-0.15, -0.1) is 0 Å². The molecule has 0 heterocycles. The summed E-state index contributed by atoms with van der Waals surface area (Å²) < 4.78 is 9.54. The van der Waals surface area contributed by atoms with Crippen molar-refractivity contribution in [2.75, 3.05) is 0 Å². The Morgan fingerprint density at radius 1 is 0.938 bits per heavy atom. The third-order valence-corrected chi connectivity index (χ3v) is 16.3. The molecule has 0 N–H and O–H groups in total. The molecule has 0 rings (SSSR count). The van der Waals surface area contributed by atoms with Crippen molar-refractivity contribution in [2.24, 2.45) is 0 Å². The Morgan fingerprint density at radius 3 is 1.75 bits per heavy atom. The molecular formula is C13H28O2Sn. The summed E-state index contributed by atoms with van der Waals surface area (Å²) in [4.78, 5) is 11.3. The van der Waals surface area contributed by atoms with Gasteiger partial charge in [0.2, 0.25) is 0 Å². The van der Waals surface area contributed by atoms with Gasteiger partial charge in [-0.3, -0.25) is 0 Å². The molecule has 0 atom stereocenters. The Morgan fingerprint density at radius 2 is 1.44 bits per heavy atom. The van der Waals surface area contributed by atoms with Crippen LogP contribution in [-0.4, -0.2) is 24.8 Å². The predicted octanol–water partition coefficient (Wildman–Crippen LogP) is 4.51. The van der Waals surface area contributed by atoms with Crippen LogP contribution in [0.25, 0.3) is 0 Å². The molecule has 0 aromatic rings. The fraction of sp³-hybridized carbons (Fsp3) is 0.923.